The van der Waals surface area contributed by atoms with E-state index < -0.39 is 17.7 Å². The van der Waals surface area contributed by atoms with Crippen LogP contribution in [0, 0.1) is 0 Å². The summed E-state index contributed by atoms with van der Waals surface area (Å²) < 4.78 is 5.61. The summed E-state index contributed by atoms with van der Waals surface area (Å²) in [6.07, 6.45) is -0.0131. The van der Waals surface area contributed by atoms with Crippen LogP contribution in [0.1, 0.15) is 31.0 Å². The van der Waals surface area contributed by atoms with Crippen molar-refractivity contribution in [1.29, 1.82) is 0 Å². The number of Topliss-reactive ketones (excluding diaryl/α,β-unsaturated/α-hetero) is 1. The number of nitrogens with zero attached hydrogens (tertiary/aromatic N) is 2. The number of ketones is 1. The minimum absolute atomic E-state index is 0.00976. The first kappa shape index (κ1) is 24.1. The number of likely N-dealkylation sites (tertiary alicyclic amines) is 1. The Bertz CT molecular complexity index is 1050. The van der Waals surface area contributed by atoms with Gasteiger partial charge in [-0.25, -0.2) is 0 Å². The number of ether oxygens (including phenoxy) is 1. The van der Waals surface area contributed by atoms with Gasteiger partial charge in [-0.05, 0) is 49.7 Å². The predicted molar refractivity (Wildman–Crippen MR) is 127 cm³/mol. The van der Waals surface area contributed by atoms with Gasteiger partial charge in [0, 0.05) is 31.9 Å². The SMILES string of the molecule is CC(C)OCCN1C(=O)C(=O)/C(=C(\O)c2ccc(Cl)c(Cl)c2)C1c1ccc(N(C)C)cc1. The molecule has 170 valence electrons. The van der Waals surface area contributed by atoms with Crippen molar-refractivity contribution in [2.24, 2.45) is 0 Å². The highest BCUT2D eigenvalue weighted by Gasteiger charge is 2.45. The maximum Gasteiger partial charge on any atom is 0.295 e. The first-order chi connectivity index (χ1) is 15.1. The summed E-state index contributed by atoms with van der Waals surface area (Å²) in [5.41, 5.74) is 2.00. The van der Waals surface area contributed by atoms with Gasteiger partial charge < -0.3 is 19.6 Å². The standard InChI is InChI=1S/C24H26Cl2N2O4/c1-14(2)32-12-11-28-21(15-5-8-17(9-6-15)27(3)4)20(23(30)24(28)31)22(29)16-7-10-18(25)19(26)13-16/h5-10,13-14,21,29H,11-12H2,1-4H3/b22-20-. The summed E-state index contributed by atoms with van der Waals surface area (Å²) in [4.78, 5) is 29.3. The topological polar surface area (TPSA) is 70.1 Å². The lowest BCUT2D eigenvalue weighted by molar-refractivity contribution is -0.140. The largest absolute Gasteiger partial charge is 0.507 e. The fraction of sp³-hybridized carbons (Fsp3) is 0.333. The van der Waals surface area contributed by atoms with Crippen LogP contribution in [0.2, 0.25) is 10.0 Å². The zero-order chi connectivity index (χ0) is 23.6. The lowest BCUT2D eigenvalue weighted by atomic mass is 9.95. The highest BCUT2D eigenvalue weighted by Crippen LogP contribution is 2.40. The molecule has 1 amide bonds. The van der Waals surface area contributed by atoms with Crippen molar-refractivity contribution < 1.29 is 19.4 Å². The molecule has 0 spiro atoms. The number of hydrogen-bond acceptors (Lipinski definition) is 5. The molecule has 2 aromatic carbocycles. The van der Waals surface area contributed by atoms with Crippen LogP contribution in [-0.4, -0.2) is 55.0 Å². The minimum atomic E-state index is -0.753. The van der Waals surface area contributed by atoms with E-state index >= 15 is 0 Å². The van der Waals surface area contributed by atoms with Crippen molar-refractivity contribution in [2.45, 2.75) is 26.0 Å². The molecule has 0 bridgehead atoms. The lowest BCUT2D eigenvalue weighted by Gasteiger charge is -2.26. The van der Waals surface area contributed by atoms with Gasteiger partial charge in [-0.1, -0.05) is 35.3 Å². The monoisotopic (exact) mass is 476 g/mol. The second-order valence-corrected chi connectivity index (χ2v) is 8.84. The lowest BCUT2D eigenvalue weighted by Crippen LogP contribution is -2.33. The Hall–Kier alpha value is -2.54. The minimum Gasteiger partial charge on any atom is -0.507 e. The average Bonchev–Trinajstić information content (AvgIpc) is 3.00. The van der Waals surface area contributed by atoms with E-state index in [4.69, 9.17) is 27.9 Å². The Kier molecular flexibility index (Phi) is 7.49. The third kappa shape index (κ3) is 4.93. The fourth-order valence-electron chi connectivity index (χ4n) is 3.60. The summed E-state index contributed by atoms with van der Waals surface area (Å²) in [6.45, 7) is 4.27. The molecule has 8 heteroatoms. The Labute approximate surface area is 198 Å². The fourth-order valence-corrected chi connectivity index (χ4v) is 3.90. The first-order valence-electron chi connectivity index (χ1n) is 10.2. The molecule has 1 N–H and O–H groups in total. The highest BCUT2D eigenvalue weighted by atomic mass is 35.5. The summed E-state index contributed by atoms with van der Waals surface area (Å²) >= 11 is 12.1. The van der Waals surface area contributed by atoms with Crippen LogP contribution in [0.5, 0.6) is 0 Å². The van der Waals surface area contributed by atoms with Crippen LogP contribution in [0.15, 0.2) is 48.0 Å². The quantitative estimate of drug-likeness (QED) is 0.349. The average molecular weight is 477 g/mol. The molecule has 0 saturated carbocycles. The third-order valence-corrected chi connectivity index (χ3v) is 5.98. The van der Waals surface area contributed by atoms with E-state index in [1.807, 2.05) is 57.1 Å². The normalized spacial score (nSPS) is 18.0. The Morgan fingerprint density at radius 1 is 1.09 bits per heavy atom. The van der Waals surface area contributed by atoms with E-state index in [-0.39, 0.29) is 35.6 Å². The zero-order valence-electron chi connectivity index (χ0n) is 18.4. The molecule has 0 aliphatic carbocycles. The second kappa shape index (κ2) is 9.94. The number of carbonyl (C=O) groups excluding carboxylic acids is 2. The summed E-state index contributed by atoms with van der Waals surface area (Å²) in [6, 6.07) is 11.3. The van der Waals surface area contributed by atoms with Crippen LogP contribution in [-0.2, 0) is 14.3 Å². The molecule has 1 heterocycles. The Balaban J connectivity index is 2.10. The van der Waals surface area contributed by atoms with Crippen LogP contribution >= 0.6 is 23.2 Å². The van der Waals surface area contributed by atoms with Crippen LogP contribution < -0.4 is 4.90 Å². The molecular formula is C24H26Cl2N2O4. The molecule has 1 saturated heterocycles. The van der Waals surface area contributed by atoms with E-state index in [0.29, 0.717) is 16.1 Å². The number of carbonyl (C=O) groups is 2. The molecule has 1 aliphatic heterocycles. The molecular weight excluding hydrogens is 451 g/mol. The molecule has 32 heavy (non-hydrogen) atoms. The van der Waals surface area contributed by atoms with Gasteiger partial charge in [0.15, 0.2) is 0 Å². The maximum absolute atomic E-state index is 13.0. The van der Waals surface area contributed by atoms with E-state index in [2.05, 4.69) is 0 Å². The van der Waals surface area contributed by atoms with Gasteiger partial charge in [-0.15, -0.1) is 0 Å². The number of hydrogen-bond donors (Lipinski definition) is 1. The molecule has 0 aromatic heterocycles. The number of rotatable bonds is 7. The predicted octanol–water partition coefficient (Wildman–Crippen LogP) is 4.91. The number of anilines is 1. The maximum atomic E-state index is 13.0. The van der Waals surface area contributed by atoms with Crippen LogP contribution in [0.25, 0.3) is 5.76 Å². The van der Waals surface area contributed by atoms with E-state index in [1.54, 1.807) is 6.07 Å². The number of aliphatic hydroxyl groups excluding tert-OH is 1. The molecule has 2 aromatic rings. The number of halogens is 2. The van der Waals surface area contributed by atoms with Crippen molar-refractivity contribution in [3.63, 3.8) is 0 Å². The van der Waals surface area contributed by atoms with E-state index in [0.717, 1.165) is 5.69 Å². The van der Waals surface area contributed by atoms with Gasteiger partial charge in [0.1, 0.15) is 5.76 Å². The van der Waals surface area contributed by atoms with Gasteiger partial charge >= 0.3 is 0 Å². The number of amides is 1. The molecule has 1 aliphatic rings. The van der Waals surface area contributed by atoms with Gasteiger partial charge in [0.05, 0.1) is 34.4 Å². The van der Waals surface area contributed by atoms with Gasteiger partial charge in [-0.2, -0.15) is 0 Å². The smallest absolute Gasteiger partial charge is 0.295 e. The number of benzene rings is 2. The third-order valence-electron chi connectivity index (χ3n) is 5.24. The van der Waals surface area contributed by atoms with Crippen LogP contribution in [0.4, 0.5) is 5.69 Å². The number of aliphatic hydroxyl groups is 1. The summed E-state index contributed by atoms with van der Waals surface area (Å²) in [7, 11) is 3.85. The van der Waals surface area contributed by atoms with Gasteiger partial charge in [0.2, 0.25) is 0 Å². The van der Waals surface area contributed by atoms with Crippen molar-refractivity contribution in [3.05, 3.63) is 69.2 Å². The molecule has 1 fully saturated rings. The summed E-state index contributed by atoms with van der Waals surface area (Å²) in [5, 5.41) is 11.6. The van der Waals surface area contributed by atoms with E-state index in [9.17, 15) is 14.7 Å². The molecule has 6 nitrogen and oxygen atoms in total. The molecule has 1 atom stereocenters. The first-order valence-corrected chi connectivity index (χ1v) is 11.0. The second-order valence-electron chi connectivity index (χ2n) is 8.03. The van der Waals surface area contributed by atoms with Crippen molar-refractivity contribution in [2.75, 3.05) is 32.1 Å². The van der Waals surface area contributed by atoms with Gasteiger partial charge in [0.25, 0.3) is 11.7 Å². The van der Waals surface area contributed by atoms with Crippen molar-refractivity contribution in [3.8, 4) is 0 Å². The van der Waals surface area contributed by atoms with Crippen LogP contribution in [0.3, 0.4) is 0 Å². The summed E-state index contributed by atoms with van der Waals surface area (Å²) in [5.74, 6) is -1.73. The Morgan fingerprint density at radius 3 is 2.31 bits per heavy atom. The Morgan fingerprint density at radius 2 is 1.75 bits per heavy atom. The molecule has 3 rings (SSSR count). The van der Waals surface area contributed by atoms with E-state index in [1.165, 1.54) is 17.0 Å². The zero-order valence-corrected chi connectivity index (χ0v) is 19.9. The van der Waals surface area contributed by atoms with Crippen molar-refractivity contribution >= 4 is 46.3 Å². The highest BCUT2D eigenvalue weighted by molar-refractivity contribution is 6.46. The van der Waals surface area contributed by atoms with Gasteiger partial charge in [-0.3, -0.25) is 9.59 Å². The molecule has 0 radical (unpaired) electrons. The van der Waals surface area contributed by atoms with Crippen molar-refractivity contribution in [1.82, 2.24) is 4.90 Å². The molecule has 1 unspecified atom stereocenters.